The minimum absolute atomic E-state index is 0.0106. The molecule has 2 aromatic carbocycles. The molecule has 1 aliphatic heterocycles. The maximum absolute atomic E-state index is 13.6. The SMILES string of the molecule is CNC(=O)C(NC(=O)C1CC(=O)N(c2cccc(C(F)(F)F)c2)C1)c1ccc(F)c(F)c1. The molecule has 1 aliphatic rings. The van der Waals surface area contributed by atoms with Gasteiger partial charge in [0.2, 0.25) is 17.7 Å². The Bertz CT molecular complexity index is 1060. The highest BCUT2D eigenvalue weighted by atomic mass is 19.4. The van der Waals surface area contributed by atoms with Gasteiger partial charge in [0.15, 0.2) is 11.6 Å². The van der Waals surface area contributed by atoms with E-state index in [9.17, 15) is 36.3 Å². The molecule has 2 N–H and O–H groups in total. The zero-order valence-electron chi connectivity index (χ0n) is 16.7. The fourth-order valence-corrected chi connectivity index (χ4v) is 3.38. The van der Waals surface area contributed by atoms with E-state index in [2.05, 4.69) is 10.6 Å². The van der Waals surface area contributed by atoms with Crippen molar-refractivity contribution in [2.45, 2.75) is 18.6 Å². The second kappa shape index (κ2) is 8.93. The third-order valence-electron chi connectivity index (χ3n) is 5.05. The highest BCUT2D eigenvalue weighted by Gasteiger charge is 2.38. The molecule has 0 radical (unpaired) electrons. The number of hydrogen-bond donors (Lipinski definition) is 2. The summed E-state index contributed by atoms with van der Waals surface area (Å²) < 4.78 is 65.7. The Morgan fingerprint density at radius 2 is 1.81 bits per heavy atom. The Labute approximate surface area is 179 Å². The Balaban J connectivity index is 1.78. The molecule has 0 aromatic heterocycles. The number of nitrogens with one attached hydrogen (secondary N) is 2. The van der Waals surface area contributed by atoms with E-state index in [0.29, 0.717) is 0 Å². The summed E-state index contributed by atoms with van der Waals surface area (Å²) in [6, 6.07) is 5.50. The van der Waals surface area contributed by atoms with Crippen molar-refractivity contribution in [2.75, 3.05) is 18.5 Å². The Hall–Kier alpha value is -3.50. The van der Waals surface area contributed by atoms with E-state index in [1.54, 1.807) is 0 Å². The van der Waals surface area contributed by atoms with Gasteiger partial charge in [-0.1, -0.05) is 12.1 Å². The number of nitrogens with zero attached hydrogens (tertiary/aromatic N) is 1. The molecule has 6 nitrogen and oxygen atoms in total. The van der Waals surface area contributed by atoms with Crippen LogP contribution in [0.5, 0.6) is 0 Å². The van der Waals surface area contributed by atoms with Gasteiger partial charge in [-0.05, 0) is 35.9 Å². The Morgan fingerprint density at radius 1 is 1.09 bits per heavy atom. The normalized spacial score (nSPS) is 17.2. The molecule has 0 bridgehead atoms. The molecular weight excluding hydrogens is 437 g/mol. The number of anilines is 1. The van der Waals surface area contributed by atoms with Crippen LogP contribution in [-0.2, 0) is 20.6 Å². The largest absolute Gasteiger partial charge is 0.416 e. The van der Waals surface area contributed by atoms with Crippen molar-refractivity contribution in [3.63, 3.8) is 0 Å². The Kier molecular flexibility index (Phi) is 6.47. The zero-order chi connectivity index (χ0) is 23.6. The van der Waals surface area contributed by atoms with Gasteiger partial charge in [0.1, 0.15) is 6.04 Å². The lowest BCUT2D eigenvalue weighted by Gasteiger charge is -2.21. The minimum atomic E-state index is -4.60. The molecule has 0 spiro atoms. The molecule has 0 aliphatic carbocycles. The van der Waals surface area contributed by atoms with Crippen molar-refractivity contribution >= 4 is 23.4 Å². The van der Waals surface area contributed by atoms with Crippen LogP contribution in [0.25, 0.3) is 0 Å². The highest BCUT2D eigenvalue weighted by Crippen LogP contribution is 2.33. The lowest BCUT2D eigenvalue weighted by molar-refractivity contribution is -0.137. The van der Waals surface area contributed by atoms with Crippen LogP contribution in [-0.4, -0.2) is 31.3 Å². The van der Waals surface area contributed by atoms with Crippen molar-refractivity contribution in [1.82, 2.24) is 10.6 Å². The predicted molar refractivity (Wildman–Crippen MR) is 103 cm³/mol. The number of carbonyl (C=O) groups is 3. The fraction of sp³-hybridized carbons (Fsp3) is 0.286. The zero-order valence-corrected chi connectivity index (χ0v) is 16.7. The first-order valence-electron chi connectivity index (χ1n) is 9.45. The van der Waals surface area contributed by atoms with E-state index in [4.69, 9.17) is 0 Å². The summed E-state index contributed by atoms with van der Waals surface area (Å²) >= 11 is 0. The second-order valence-electron chi connectivity index (χ2n) is 7.18. The standard InChI is InChI=1S/C21H18F5N3O3/c1-27-20(32)18(11-5-6-15(22)16(23)7-11)28-19(31)12-8-17(30)29(10-12)14-4-2-3-13(9-14)21(24,25)26/h2-7,9,12,18H,8,10H2,1H3,(H,27,32)(H,28,31). The number of halogens is 5. The van der Waals surface area contributed by atoms with Gasteiger partial charge < -0.3 is 15.5 Å². The smallest absolute Gasteiger partial charge is 0.357 e. The molecule has 2 atom stereocenters. The van der Waals surface area contributed by atoms with Crippen LogP contribution in [0.2, 0.25) is 0 Å². The third kappa shape index (κ3) is 4.87. The van der Waals surface area contributed by atoms with E-state index < -0.39 is 53.1 Å². The van der Waals surface area contributed by atoms with Crippen molar-refractivity contribution in [2.24, 2.45) is 5.92 Å². The van der Waals surface area contributed by atoms with E-state index in [-0.39, 0.29) is 24.2 Å². The maximum atomic E-state index is 13.6. The molecule has 0 saturated carbocycles. The molecule has 2 unspecified atom stereocenters. The topological polar surface area (TPSA) is 78.5 Å². The van der Waals surface area contributed by atoms with E-state index in [1.807, 2.05) is 0 Å². The van der Waals surface area contributed by atoms with Crippen LogP contribution in [0.4, 0.5) is 27.6 Å². The third-order valence-corrected chi connectivity index (χ3v) is 5.05. The average Bonchev–Trinajstić information content (AvgIpc) is 3.14. The lowest BCUT2D eigenvalue weighted by Crippen LogP contribution is -2.42. The van der Waals surface area contributed by atoms with Crippen molar-refractivity contribution in [3.8, 4) is 0 Å². The van der Waals surface area contributed by atoms with Crippen LogP contribution in [0.1, 0.15) is 23.6 Å². The summed E-state index contributed by atoms with van der Waals surface area (Å²) in [4.78, 5) is 38.4. The molecule has 1 saturated heterocycles. The fourth-order valence-electron chi connectivity index (χ4n) is 3.38. The number of amides is 3. The lowest BCUT2D eigenvalue weighted by atomic mass is 10.0. The molecule has 1 fully saturated rings. The van der Waals surface area contributed by atoms with Crippen LogP contribution < -0.4 is 15.5 Å². The molecule has 3 amide bonds. The molecule has 2 aromatic rings. The number of benzene rings is 2. The maximum Gasteiger partial charge on any atom is 0.416 e. The quantitative estimate of drug-likeness (QED) is 0.681. The van der Waals surface area contributed by atoms with Crippen LogP contribution >= 0.6 is 0 Å². The first-order chi connectivity index (χ1) is 15.0. The molecule has 1 heterocycles. The van der Waals surface area contributed by atoms with E-state index >= 15 is 0 Å². The van der Waals surface area contributed by atoms with Crippen LogP contribution in [0, 0.1) is 17.6 Å². The number of hydrogen-bond acceptors (Lipinski definition) is 3. The van der Waals surface area contributed by atoms with Crippen molar-refractivity contribution in [3.05, 3.63) is 65.2 Å². The molecule has 32 heavy (non-hydrogen) atoms. The van der Waals surface area contributed by atoms with Gasteiger partial charge in [-0.15, -0.1) is 0 Å². The van der Waals surface area contributed by atoms with Crippen LogP contribution in [0.3, 0.4) is 0 Å². The van der Waals surface area contributed by atoms with Gasteiger partial charge in [-0.3, -0.25) is 14.4 Å². The summed E-state index contributed by atoms with van der Waals surface area (Å²) in [5, 5.41) is 4.71. The summed E-state index contributed by atoms with van der Waals surface area (Å²) in [7, 11) is 1.29. The number of rotatable bonds is 5. The number of likely N-dealkylation sites (N-methyl/N-ethyl adjacent to an activating group) is 1. The molecule has 3 rings (SSSR count). The van der Waals surface area contributed by atoms with Crippen molar-refractivity contribution < 1.29 is 36.3 Å². The predicted octanol–water partition coefficient (Wildman–Crippen LogP) is 2.94. The first kappa shape index (κ1) is 23.2. The summed E-state index contributed by atoms with van der Waals surface area (Å²) in [5.74, 6) is -5.30. The van der Waals surface area contributed by atoms with Gasteiger partial charge in [-0.2, -0.15) is 13.2 Å². The number of alkyl halides is 3. The van der Waals surface area contributed by atoms with Gasteiger partial charge >= 0.3 is 6.18 Å². The molecule has 170 valence electrons. The highest BCUT2D eigenvalue weighted by molar-refractivity contribution is 6.01. The minimum Gasteiger partial charge on any atom is -0.357 e. The van der Waals surface area contributed by atoms with Gasteiger partial charge in [0.25, 0.3) is 0 Å². The summed E-state index contributed by atoms with van der Waals surface area (Å²) in [6.45, 7) is -0.204. The Morgan fingerprint density at radius 3 is 2.44 bits per heavy atom. The van der Waals surface area contributed by atoms with Gasteiger partial charge in [0, 0.05) is 25.7 Å². The number of carbonyl (C=O) groups excluding carboxylic acids is 3. The van der Waals surface area contributed by atoms with E-state index in [1.165, 1.54) is 13.1 Å². The van der Waals surface area contributed by atoms with Crippen molar-refractivity contribution in [1.29, 1.82) is 0 Å². The van der Waals surface area contributed by atoms with Gasteiger partial charge in [-0.25, -0.2) is 8.78 Å². The average molecular weight is 455 g/mol. The van der Waals surface area contributed by atoms with E-state index in [0.717, 1.165) is 41.3 Å². The van der Waals surface area contributed by atoms with Gasteiger partial charge in [0.05, 0.1) is 11.5 Å². The van der Waals surface area contributed by atoms with Crippen LogP contribution in [0.15, 0.2) is 42.5 Å². The first-order valence-corrected chi connectivity index (χ1v) is 9.45. The second-order valence-corrected chi connectivity index (χ2v) is 7.18. The summed E-state index contributed by atoms with van der Waals surface area (Å²) in [6.07, 6.45) is -4.89. The molecule has 11 heteroatoms. The summed E-state index contributed by atoms with van der Waals surface area (Å²) in [5.41, 5.74) is -0.965. The molecular formula is C21H18F5N3O3. The monoisotopic (exact) mass is 455 g/mol.